The molecule has 0 atom stereocenters. The van der Waals surface area contributed by atoms with Crippen molar-refractivity contribution in [3.05, 3.63) is 23.8 Å². The van der Waals surface area contributed by atoms with E-state index in [0.29, 0.717) is 29.5 Å². The zero-order valence-corrected chi connectivity index (χ0v) is 12.9. The normalized spacial score (nSPS) is 11.4. The number of nitrogens with two attached hydrogens (primary N) is 1. The first-order valence-electron chi connectivity index (χ1n) is 6.58. The summed E-state index contributed by atoms with van der Waals surface area (Å²) in [5, 5.41) is 5.75. The number of amides is 1. The second-order valence-corrected chi connectivity index (χ2v) is 4.71. The lowest BCUT2D eigenvalue weighted by Crippen LogP contribution is -2.31. The predicted octanol–water partition coefficient (Wildman–Crippen LogP) is 0.343. The lowest BCUT2D eigenvalue weighted by molar-refractivity contribution is 0.0948. The number of hydrogen-bond acceptors (Lipinski definition) is 4. The molecular formula is C14H23N5O2. The van der Waals surface area contributed by atoms with Crippen molar-refractivity contribution in [3.8, 4) is 5.75 Å². The van der Waals surface area contributed by atoms with Crippen LogP contribution in [-0.4, -0.2) is 58.1 Å². The van der Waals surface area contributed by atoms with Crippen molar-refractivity contribution in [1.82, 2.24) is 10.2 Å². The van der Waals surface area contributed by atoms with Crippen LogP contribution in [0.25, 0.3) is 0 Å². The SMILES string of the molecule is CN=C(N)Nc1ccc(C(=O)NCCN(C)C)c(OC)c1. The summed E-state index contributed by atoms with van der Waals surface area (Å²) in [7, 11) is 7.01. The van der Waals surface area contributed by atoms with Gasteiger partial charge in [0.05, 0.1) is 12.7 Å². The summed E-state index contributed by atoms with van der Waals surface area (Å²) in [5.74, 6) is 0.601. The van der Waals surface area contributed by atoms with Crippen LogP contribution in [0.3, 0.4) is 0 Å². The Hall–Kier alpha value is -2.28. The molecule has 0 spiro atoms. The molecule has 1 amide bonds. The maximum absolute atomic E-state index is 12.1. The number of guanidine groups is 1. The van der Waals surface area contributed by atoms with Gasteiger partial charge in [0.15, 0.2) is 5.96 Å². The fourth-order valence-electron chi connectivity index (χ4n) is 1.65. The number of ether oxygens (including phenoxy) is 1. The molecule has 0 heterocycles. The summed E-state index contributed by atoms with van der Waals surface area (Å²) in [6.07, 6.45) is 0. The number of carbonyl (C=O) groups excluding carboxylic acids is 1. The van der Waals surface area contributed by atoms with Crippen LogP contribution in [-0.2, 0) is 0 Å². The third-order valence-electron chi connectivity index (χ3n) is 2.80. The summed E-state index contributed by atoms with van der Waals surface area (Å²) >= 11 is 0. The Morgan fingerprint density at radius 3 is 2.71 bits per heavy atom. The number of aliphatic imine (C=N–C) groups is 1. The summed E-state index contributed by atoms with van der Waals surface area (Å²) in [6.45, 7) is 1.35. The van der Waals surface area contributed by atoms with Crippen LogP contribution in [0.15, 0.2) is 23.2 Å². The van der Waals surface area contributed by atoms with E-state index in [9.17, 15) is 4.79 Å². The van der Waals surface area contributed by atoms with Gasteiger partial charge in [-0.15, -0.1) is 0 Å². The van der Waals surface area contributed by atoms with Crippen LogP contribution in [0.4, 0.5) is 5.69 Å². The van der Waals surface area contributed by atoms with Crippen molar-refractivity contribution in [2.75, 3.05) is 46.7 Å². The van der Waals surface area contributed by atoms with Crippen molar-refractivity contribution >= 4 is 17.6 Å². The molecule has 0 aromatic heterocycles. The Balaban J connectivity index is 2.80. The van der Waals surface area contributed by atoms with E-state index in [2.05, 4.69) is 15.6 Å². The largest absolute Gasteiger partial charge is 0.496 e. The van der Waals surface area contributed by atoms with Gasteiger partial charge >= 0.3 is 0 Å². The van der Waals surface area contributed by atoms with Crippen LogP contribution in [0, 0.1) is 0 Å². The molecule has 0 bridgehead atoms. The Morgan fingerprint density at radius 1 is 1.43 bits per heavy atom. The Kier molecular flexibility index (Phi) is 6.48. The van der Waals surface area contributed by atoms with Gasteiger partial charge in [-0.25, -0.2) is 0 Å². The average Bonchev–Trinajstić information content (AvgIpc) is 2.46. The molecule has 0 aliphatic heterocycles. The molecule has 116 valence electrons. The molecule has 4 N–H and O–H groups in total. The number of nitrogens with zero attached hydrogens (tertiary/aromatic N) is 2. The van der Waals surface area contributed by atoms with E-state index in [1.807, 2.05) is 19.0 Å². The molecule has 0 fully saturated rings. The minimum Gasteiger partial charge on any atom is -0.496 e. The molecule has 0 saturated heterocycles. The highest BCUT2D eigenvalue weighted by molar-refractivity contribution is 5.98. The fraction of sp³-hybridized carbons (Fsp3) is 0.429. The van der Waals surface area contributed by atoms with Crippen LogP contribution < -0.4 is 21.1 Å². The van der Waals surface area contributed by atoms with Crippen molar-refractivity contribution in [1.29, 1.82) is 0 Å². The third-order valence-corrected chi connectivity index (χ3v) is 2.80. The number of carbonyl (C=O) groups is 1. The maximum atomic E-state index is 12.1. The van der Waals surface area contributed by atoms with Crippen LogP contribution in [0.2, 0.25) is 0 Å². The Bertz CT molecular complexity index is 514. The molecule has 21 heavy (non-hydrogen) atoms. The molecule has 0 aliphatic rings. The highest BCUT2D eigenvalue weighted by Gasteiger charge is 2.12. The van der Waals surface area contributed by atoms with Gasteiger partial charge in [-0.2, -0.15) is 0 Å². The summed E-state index contributed by atoms with van der Waals surface area (Å²) in [4.78, 5) is 17.9. The topological polar surface area (TPSA) is 92.0 Å². The zero-order chi connectivity index (χ0) is 15.8. The molecule has 1 rings (SSSR count). The average molecular weight is 293 g/mol. The molecule has 0 saturated carbocycles. The fourth-order valence-corrected chi connectivity index (χ4v) is 1.65. The number of rotatable bonds is 6. The van der Waals surface area contributed by atoms with Gasteiger partial charge in [-0.05, 0) is 26.2 Å². The standard InChI is InChI=1S/C14H23N5O2/c1-16-14(15)18-10-5-6-11(12(9-10)21-4)13(20)17-7-8-19(2)3/h5-6,9H,7-8H2,1-4H3,(H,17,20)(H3,15,16,18). The molecule has 7 heteroatoms. The van der Waals surface area contributed by atoms with Crippen LogP contribution in [0.5, 0.6) is 5.75 Å². The number of likely N-dealkylation sites (N-methyl/N-ethyl adjacent to an activating group) is 1. The summed E-state index contributed by atoms with van der Waals surface area (Å²) < 4.78 is 5.26. The minimum absolute atomic E-state index is 0.169. The molecule has 0 aliphatic carbocycles. The van der Waals surface area contributed by atoms with Gasteiger partial charge in [-0.3, -0.25) is 9.79 Å². The van der Waals surface area contributed by atoms with Gasteiger partial charge in [0.25, 0.3) is 5.91 Å². The summed E-state index contributed by atoms with van der Waals surface area (Å²) in [6, 6.07) is 5.15. The summed E-state index contributed by atoms with van der Waals surface area (Å²) in [5.41, 5.74) is 6.79. The minimum atomic E-state index is -0.169. The van der Waals surface area contributed by atoms with Gasteiger partial charge in [0.1, 0.15) is 5.75 Å². The van der Waals surface area contributed by atoms with Gasteiger partial charge in [-0.1, -0.05) is 0 Å². The second kappa shape index (κ2) is 8.11. The van der Waals surface area contributed by atoms with Crippen LogP contribution in [0.1, 0.15) is 10.4 Å². The molecule has 1 aromatic rings. The van der Waals surface area contributed by atoms with E-state index in [4.69, 9.17) is 10.5 Å². The highest BCUT2D eigenvalue weighted by Crippen LogP contribution is 2.23. The van der Waals surface area contributed by atoms with Crippen molar-refractivity contribution in [2.24, 2.45) is 10.7 Å². The molecule has 1 aromatic carbocycles. The molecular weight excluding hydrogens is 270 g/mol. The third kappa shape index (κ3) is 5.31. The number of hydrogen-bond donors (Lipinski definition) is 3. The maximum Gasteiger partial charge on any atom is 0.255 e. The lowest BCUT2D eigenvalue weighted by atomic mass is 10.1. The molecule has 0 radical (unpaired) electrons. The monoisotopic (exact) mass is 293 g/mol. The number of benzene rings is 1. The van der Waals surface area contributed by atoms with E-state index in [-0.39, 0.29) is 5.91 Å². The van der Waals surface area contributed by atoms with Gasteiger partial charge in [0, 0.05) is 31.9 Å². The van der Waals surface area contributed by atoms with Crippen molar-refractivity contribution < 1.29 is 9.53 Å². The zero-order valence-electron chi connectivity index (χ0n) is 12.9. The quantitative estimate of drug-likeness (QED) is 0.520. The second-order valence-electron chi connectivity index (χ2n) is 4.71. The predicted molar refractivity (Wildman–Crippen MR) is 85.1 cm³/mol. The first kappa shape index (κ1) is 16.8. The van der Waals surface area contributed by atoms with E-state index >= 15 is 0 Å². The highest BCUT2D eigenvalue weighted by atomic mass is 16.5. The number of methoxy groups -OCH3 is 1. The molecule has 0 unspecified atom stereocenters. The first-order chi connectivity index (χ1) is 9.97. The Labute approximate surface area is 125 Å². The van der Waals surface area contributed by atoms with Gasteiger partial charge in [0.2, 0.25) is 0 Å². The number of anilines is 1. The van der Waals surface area contributed by atoms with E-state index in [0.717, 1.165) is 6.54 Å². The van der Waals surface area contributed by atoms with E-state index in [1.165, 1.54) is 7.11 Å². The smallest absolute Gasteiger partial charge is 0.255 e. The van der Waals surface area contributed by atoms with Crippen molar-refractivity contribution in [3.63, 3.8) is 0 Å². The Morgan fingerprint density at radius 2 is 2.14 bits per heavy atom. The van der Waals surface area contributed by atoms with Crippen LogP contribution >= 0.6 is 0 Å². The van der Waals surface area contributed by atoms with E-state index < -0.39 is 0 Å². The number of nitrogens with one attached hydrogen (secondary N) is 2. The molecule has 7 nitrogen and oxygen atoms in total. The van der Waals surface area contributed by atoms with Gasteiger partial charge < -0.3 is 26.0 Å². The van der Waals surface area contributed by atoms with Crippen molar-refractivity contribution in [2.45, 2.75) is 0 Å². The first-order valence-corrected chi connectivity index (χ1v) is 6.58. The van der Waals surface area contributed by atoms with E-state index in [1.54, 1.807) is 25.2 Å². The lowest BCUT2D eigenvalue weighted by Gasteiger charge is -2.13.